The number of aldehydes is 1. The number of rotatable bonds is 5. The Labute approximate surface area is 111 Å². The van der Waals surface area contributed by atoms with Crippen molar-refractivity contribution >= 4 is 17.9 Å². The molecule has 1 heterocycles. The third-order valence-electron chi connectivity index (χ3n) is 2.73. The summed E-state index contributed by atoms with van der Waals surface area (Å²) < 4.78 is 5.52. The predicted octanol–water partition coefficient (Wildman–Crippen LogP) is 3.16. The van der Waals surface area contributed by atoms with Gasteiger partial charge in [-0.3, -0.25) is 0 Å². The quantitative estimate of drug-likeness (QED) is 0.778. The molecule has 0 aliphatic rings. The molecule has 4 heteroatoms. The lowest BCUT2D eigenvalue weighted by Crippen LogP contribution is -1.93. The van der Waals surface area contributed by atoms with Gasteiger partial charge in [-0.05, 0) is 31.0 Å². The highest BCUT2D eigenvalue weighted by Crippen LogP contribution is 2.15. The van der Waals surface area contributed by atoms with Gasteiger partial charge in [0.2, 0.25) is 0 Å². The van der Waals surface area contributed by atoms with Crippen LogP contribution in [0.5, 0.6) is 0 Å². The highest BCUT2D eigenvalue weighted by molar-refractivity contribution is 6.30. The summed E-state index contributed by atoms with van der Waals surface area (Å²) in [4.78, 5) is 14.8. The Morgan fingerprint density at radius 3 is 2.94 bits per heavy atom. The minimum absolute atomic E-state index is 0.312. The normalized spacial score (nSPS) is 10.6. The molecule has 0 amide bonds. The zero-order valence-electron chi connectivity index (χ0n) is 10.1. The van der Waals surface area contributed by atoms with Gasteiger partial charge < -0.3 is 9.21 Å². The van der Waals surface area contributed by atoms with E-state index in [2.05, 4.69) is 4.98 Å². The molecule has 0 spiro atoms. The second kappa shape index (κ2) is 5.83. The second-order valence-electron chi connectivity index (χ2n) is 4.11. The van der Waals surface area contributed by atoms with E-state index in [4.69, 9.17) is 16.0 Å². The summed E-state index contributed by atoms with van der Waals surface area (Å²) >= 11 is 5.92. The Kier molecular flexibility index (Phi) is 4.15. The maximum Gasteiger partial charge on any atom is 0.194 e. The average molecular weight is 264 g/mol. The van der Waals surface area contributed by atoms with Crippen molar-refractivity contribution in [3.63, 3.8) is 0 Å². The van der Waals surface area contributed by atoms with Gasteiger partial charge in [-0.2, -0.15) is 0 Å². The largest absolute Gasteiger partial charge is 0.446 e. The van der Waals surface area contributed by atoms with Gasteiger partial charge in [0, 0.05) is 17.9 Å². The van der Waals surface area contributed by atoms with Crippen molar-refractivity contribution in [2.75, 3.05) is 0 Å². The zero-order chi connectivity index (χ0) is 13.0. The molecular formula is C14H14ClNO2. The van der Waals surface area contributed by atoms with Crippen LogP contribution in [0.2, 0.25) is 5.02 Å². The topological polar surface area (TPSA) is 43.1 Å². The predicted molar refractivity (Wildman–Crippen MR) is 69.9 cm³/mol. The fraction of sp³-hybridized carbons (Fsp3) is 0.286. The summed E-state index contributed by atoms with van der Waals surface area (Å²) in [6.45, 7) is 1.83. The first-order valence-electron chi connectivity index (χ1n) is 5.82. The van der Waals surface area contributed by atoms with Gasteiger partial charge in [-0.1, -0.05) is 23.7 Å². The van der Waals surface area contributed by atoms with Crippen molar-refractivity contribution in [3.8, 4) is 0 Å². The summed E-state index contributed by atoms with van der Waals surface area (Å²) in [5.74, 6) is 1.40. The number of hydrogen-bond acceptors (Lipinski definition) is 3. The molecule has 1 aromatic heterocycles. The van der Waals surface area contributed by atoms with Gasteiger partial charge >= 0.3 is 0 Å². The monoisotopic (exact) mass is 263 g/mol. The Morgan fingerprint density at radius 2 is 2.22 bits per heavy atom. The van der Waals surface area contributed by atoms with Crippen LogP contribution in [0.4, 0.5) is 0 Å². The van der Waals surface area contributed by atoms with Crippen molar-refractivity contribution in [2.24, 2.45) is 0 Å². The van der Waals surface area contributed by atoms with E-state index in [1.165, 1.54) is 0 Å². The summed E-state index contributed by atoms with van der Waals surface area (Å²) in [6, 6.07) is 7.73. The third-order valence-corrected chi connectivity index (χ3v) is 2.97. The van der Waals surface area contributed by atoms with Crippen LogP contribution in [0.15, 0.2) is 28.7 Å². The Balaban J connectivity index is 2.02. The van der Waals surface area contributed by atoms with Crippen LogP contribution in [-0.4, -0.2) is 11.3 Å². The number of benzene rings is 1. The smallest absolute Gasteiger partial charge is 0.194 e. The molecule has 0 bridgehead atoms. The van der Waals surface area contributed by atoms with Crippen LogP contribution in [0, 0.1) is 6.92 Å². The lowest BCUT2D eigenvalue weighted by Gasteiger charge is -1.99. The Morgan fingerprint density at radius 1 is 1.39 bits per heavy atom. The maximum absolute atomic E-state index is 10.5. The highest BCUT2D eigenvalue weighted by atomic mass is 35.5. The number of hydrogen-bond donors (Lipinski definition) is 0. The number of carbonyl (C=O) groups is 1. The Bertz CT molecular complexity index is 548. The van der Waals surface area contributed by atoms with Gasteiger partial charge in [0.05, 0.1) is 5.69 Å². The van der Waals surface area contributed by atoms with E-state index >= 15 is 0 Å². The van der Waals surface area contributed by atoms with Crippen molar-refractivity contribution < 1.29 is 9.21 Å². The lowest BCUT2D eigenvalue weighted by molar-refractivity contribution is -0.107. The van der Waals surface area contributed by atoms with Crippen LogP contribution in [0.25, 0.3) is 0 Å². The molecule has 0 radical (unpaired) electrons. The van der Waals surface area contributed by atoms with E-state index in [9.17, 15) is 4.79 Å². The third kappa shape index (κ3) is 3.20. The first-order valence-corrected chi connectivity index (χ1v) is 6.20. The molecule has 3 nitrogen and oxygen atoms in total. The fourth-order valence-corrected chi connectivity index (χ4v) is 2.02. The van der Waals surface area contributed by atoms with Crippen molar-refractivity contribution in [2.45, 2.75) is 26.2 Å². The molecule has 0 unspecified atom stereocenters. The first-order chi connectivity index (χ1) is 8.69. The van der Waals surface area contributed by atoms with E-state index in [1.54, 1.807) is 0 Å². The summed E-state index contributed by atoms with van der Waals surface area (Å²) in [7, 11) is 0. The van der Waals surface area contributed by atoms with Crippen molar-refractivity contribution in [1.82, 2.24) is 4.98 Å². The molecule has 94 valence electrons. The number of aromatic nitrogens is 1. The minimum Gasteiger partial charge on any atom is -0.446 e. The van der Waals surface area contributed by atoms with Crippen LogP contribution >= 0.6 is 11.6 Å². The number of halogens is 1. The number of nitrogens with zero attached hydrogens (tertiary/aromatic N) is 1. The van der Waals surface area contributed by atoms with Crippen LogP contribution in [0.1, 0.15) is 22.9 Å². The van der Waals surface area contributed by atoms with Gasteiger partial charge in [-0.15, -0.1) is 0 Å². The molecular weight excluding hydrogens is 250 g/mol. The summed E-state index contributed by atoms with van der Waals surface area (Å²) in [5, 5.41) is 0.734. The molecule has 0 atom stereocenters. The number of aryl methyl sites for hydroxylation is 3. The molecule has 0 aliphatic carbocycles. The second-order valence-corrected chi connectivity index (χ2v) is 4.55. The van der Waals surface area contributed by atoms with Gasteiger partial charge in [0.1, 0.15) is 12.0 Å². The van der Waals surface area contributed by atoms with Gasteiger partial charge in [0.25, 0.3) is 0 Å². The van der Waals surface area contributed by atoms with Gasteiger partial charge in [-0.25, -0.2) is 4.98 Å². The Hall–Kier alpha value is -1.61. The molecule has 1 aromatic carbocycles. The van der Waals surface area contributed by atoms with E-state index in [-0.39, 0.29) is 0 Å². The minimum atomic E-state index is 0.312. The number of carbonyl (C=O) groups excluding carboxylic acids is 1. The molecule has 0 fully saturated rings. The number of oxazole rings is 1. The van der Waals surface area contributed by atoms with E-state index in [0.717, 1.165) is 34.7 Å². The molecule has 0 saturated heterocycles. The molecule has 0 aliphatic heterocycles. The fourth-order valence-electron chi connectivity index (χ4n) is 1.81. The molecule has 2 aromatic rings. The maximum atomic E-state index is 10.5. The summed E-state index contributed by atoms with van der Waals surface area (Å²) in [5.41, 5.74) is 1.88. The van der Waals surface area contributed by atoms with Crippen molar-refractivity contribution in [1.29, 1.82) is 0 Å². The molecule has 0 N–H and O–H groups in total. The van der Waals surface area contributed by atoms with E-state index in [1.807, 2.05) is 31.2 Å². The molecule has 2 rings (SSSR count). The highest BCUT2D eigenvalue weighted by Gasteiger charge is 2.09. The first kappa shape index (κ1) is 12.8. The van der Waals surface area contributed by atoms with E-state index in [0.29, 0.717) is 18.7 Å². The average Bonchev–Trinajstić information content (AvgIpc) is 2.69. The SMILES string of the molecule is Cc1oc(CCc2cccc(Cl)c2)nc1CC=O. The van der Waals surface area contributed by atoms with Gasteiger partial charge in [0.15, 0.2) is 5.89 Å². The lowest BCUT2D eigenvalue weighted by atomic mass is 10.1. The summed E-state index contributed by atoms with van der Waals surface area (Å²) in [6.07, 6.45) is 2.68. The zero-order valence-corrected chi connectivity index (χ0v) is 10.9. The van der Waals surface area contributed by atoms with E-state index < -0.39 is 0 Å². The van der Waals surface area contributed by atoms with Crippen LogP contribution < -0.4 is 0 Å². The van der Waals surface area contributed by atoms with Crippen molar-refractivity contribution in [3.05, 3.63) is 52.2 Å². The standard InChI is InChI=1S/C14H14ClNO2/c1-10-13(7-8-17)16-14(18-10)6-5-11-3-2-4-12(15)9-11/h2-4,8-9H,5-7H2,1H3. The van der Waals surface area contributed by atoms with Crippen LogP contribution in [0.3, 0.4) is 0 Å². The van der Waals surface area contributed by atoms with Crippen LogP contribution in [-0.2, 0) is 24.1 Å². The molecule has 18 heavy (non-hydrogen) atoms. The molecule has 0 saturated carbocycles.